The number of allylic oxidation sites excluding steroid dienone is 1. The second-order valence-electron chi connectivity index (χ2n) is 13.8. The molecule has 24 heteroatoms. The molecular weight excluding hydrogens is 891 g/mol. The molecule has 334 valence electrons. The number of ketones is 1. The maximum atomic E-state index is 13.8. The summed E-state index contributed by atoms with van der Waals surface area (Å²) in [6, 6.07) is 23.7. The summed E-state index contributed by atoms with van der Waals surface area (Å²) in [5.41, 5.74) is 14.2. The van der Waals surface area contributed by atoms with E-state index in [0.717, 1.165) is 44.0 Å². The Balaban J connectivity index is 1.25. The molecule has 0 aliphatic heterocycles. The number of hydrogen-bond acceptors (Lipinski definition) is 18. The van der Waals surface area contributed by atoms with Gasteiger partial charge >= 0.3 is 0 Å². The Hall–Kier alpha value is -6.93. The van der Waals surface area contributed by atoms with E-state index in [1.807, 2.05) is 6.07 Å². The molecule has 0 spiro atoms. The van der Waals surface area contributed by atoms with Gasteiger partial charge in [-0.3, -0.25) is 23.9 Å². The minimum Gasteiger partial charge on any atom is -0.397 e. The van der Waals surface area contributed by atoms with E-state index in [-0.39, 0.29) is 11.4 Å². The molecule has 0 radical (unpaired) electrons. The van der Waals surface area contributed by atoms with Crippen molar-refractivity contribution < 1.29 is 43.7 Å². The number of anilines is 6. The molecule has 0 saturated heterocycles. The molecule has 0 heterocycles. The van der Waals surface area contributed by atoms with E-state index in [1.54, 1.807) is 66.7 Å². The molecule has 5 aromatic carbocycles. The highest BCUT2D eigenvalue weighted by Gasteiger charge is 2.37. The van der Waals surface area contributed by atoms with E-state index in [2.05, 4.69) is 60.4 Å². The average molecular weight is 932 g/mol. The Bertz CT molecular complexity index is 3070. The van der Waals surface area contributed by atoms with Crippen LogP contribution in [0.1, 0.15) is 29.8 Å². The second kappa shape index (κ2) is 19.2. The number of rotatable bonds is 17. The third-order valence-corrected chi connectivity index (χ3v) is 12.2. The lowest BCUT2D eigenvalue weighted by atomic mass is 9.92. The molecule has 0 bridgehead atoms. The molecule has 64 heavy (non-hydrogen) atoms. The number of azo groups is 2. The zero-order valence-electron chi connectivity index (χ0n) is 33.9. The Morgan fingerprint density at radius 2 is 1.31 bits per heavy atom. The number of nitrogens with zero attached hydrogens (tertiary/aromatic N) is 6. The summed E-state index contributed by atoms with van der Waals surface area (Å²) in [6.07, 6.45) is 0.731. The van der Waals surface area contributed by atoms with Crippen molar-refractivity contribution in [2.45, 2.75) is 23.6 Å². The lowest BCUT2D eigenvalue weighted by Gasteiger charge is -2.20. The predicted molar refractivity (Wildman–Crippen MR) is 243 cm³/mol. The van der Waals surface area contributed by atoms with Crippen LogP contribution in [0.4, 0.5) is 56.9 Å². The Morgan fingerprint density at radius 1 is 0.672 bits per heavy atom. The number of likely N-dealkylation sites (N-methyl/N-ethyl adjacent to an activating group) is 1. The quantitative estimate of drug-likeness (QED) is 0.0193. The monoisotopic (exact) mass is 931 g/mol. The fourth-order valence-corrected chi connectivity index (χ4v) is 8.26. The van der Waals surface area contributed by atoms with Crippen molar-refractivity contribution in [3.8, 4) is 0 Å². The molecule has 0 unspecified atom stereocenters. The van der Waals surface area contributed by atoms with Gasteiger partial charge in [-0.2, -0.15) is 40.6 Å². The Morgan fingerprint density at radius 3 is 1.94 bits per heavy atom. The highest BCUT2D eigenvalue weighted by Crippen LogP contribution is 2.41. The summed E-state index contributed by atoms with van der Waals surface area (Å²) in [5, 5.41) is 26.3. The van der Waals surface area contributed by atoms with E-state index >= 15 is 0 Å². The molecule has 6 rings (SSSR count). The molecule has 10 N–H and O–H groups in total. The maximum absolute atomic E-state index is 13.8. The molecule has 0 saturated carbocycles. The van der Waals surface area contributed by atoms with E-state index in [0.29, 0.717) is 34.5 Å². The summed E-state index contributed by atoms with van der Waals surface area (Å²) in [5.74, 6) is -1.19. The maximum Gasteiger partial charge on any atom is 0.296 e. The lowest BCUT2D eigenvalue weighted by Crippen LogP contribution is -2.28. The van der Waals surface area contributed by atoms with Crippen LogP contribution in [0.25, 0.3) is 6.08 Å². The van der Waals surface area contributed by atoms with Crippen LogP contribution in [0.15, 0.2) is 137 Å². The van der Waals surface area contributed by atoms with Crippen LogP contribution in [0.5, 0.6) is 0 Å². The van der Waals surface area contributed by atoms with Crippen LogP contribution < -0.4 is 27.5 Å². The van der Waals surface area contributed by atoms with Gasteiger partial charge in [-0.15, -0.1) is 10.2 Å². The first-order valence-corrected chi connectivity index (χ1v) is 23.3. The van der Waals surface area contributed by atoms with Gasteiger partial charge in [0, 0.05) is 24.5 Å². The SMILES string of the molecule is CCN(CC)CCNc1ccc(N=Nc2ccc(Nc3ccc(N=Nc4c(S(=O)(=O)O)cc5c(c4N)C(=O)C(=NNc4ccccc4)C(S(=O)(=O)O)=C5)cc3S(=O)(=O)O)cc2)c(N)c1. The highest BCUT2D eigenvalue weighted by molar-refractivity contribution is 7.91. The topological polar surface area (TPSA) is 333 Å². The van der Waals surface area contributed by atoms with Crippen molar-refractivity contribution in [1.29, 1.82) is 0 Å². The van der Waals surface area contributed by atoms with Crippen molar-refractivity contribution in [2.75, 3.05) is 53.7 Å². The first kappa shape index (κ1) is 46.6. The molecular formula is C40H41N11O10S3. The van der Waals surface area contributed by atoms with Gasteiger partial charge in [0.05, 0.1) is 39.7 Å². The summed E-state index contributed by atoms with van der Waals surface area (Å²) >= 11 is 0. The van der Waals surface area contributed by atoms with Crippen molar-refractivity contribution in [3.05, 3.63) is 113 Å². The van der Waals surface area contributed by atoms with Crippen molar-refractivity contribution >= 4 is 105 Å². The zero-order valence-corrected chi connectivity index (χ0v) is 36.4. The van der Waals surface area contributed by atoms with Crippen LogP contribution in [-0.4, -0.2) is 81.5 Å². The number of hydrogen-bond donors (Lipinski definition) is 8. The number of benzene rings is 5. The van der Waals surface area contributed by atoms with Gasteiger partial charge < -0.3 is 27.0 Å². The standard InChI is InChI=1S/C40H41N11O10S3/c1-3-51(4-2)19-18-43-28-14-16-31(30(41)22-28)48-45-27-12-10-25(11-13-27)44-32-17-15-29(23-33(32)62(53,54)55)47-49-38-34(63(56,57)58)20-24-21-35(64(59,60)61)39(40(52)36(24)37(38)42)50-46-26-8-6-5-7-9-26/h5-17,20-23,43-44,46H,3-4,18-19,41-42H2,1-2H3,(H,53,54,55)(H,56,57,58)(H,59,60,61). The number of nitrogen functional groups attached to an aromatic ring is 2. The summed E-state index contributed by atoms with van der Waals surface area (Å²) < 4.78 is 105. The fourth-order valence-electron chi connectivity index (χ4n) is 6.26. The molecule has 0 amide bonds. The van der Waals surface area contributed by atoms with Gasteiger partial charge in [-0.25, -0.2) is 0 Å². The summed E-state index contributed by atoms with van der Waals surface area (Å²) in [7, 11) is -15.3. The largest absolute Gasteiger partial charge is 0.397 e. The van der Waals surface area contributed by atoms with Gasteiger partial charge in [0.1, 0.15) is 26.1 Å². The summed E-state index contributed by atoms with van der Waals surface area (Å²) in [6.45, 7) is 7.76. The van der Waals surface area contributed by atoms with Gasteiger partial charge in [0.25, 0.3) is 30.4 Å². The Labute approximate surface area is 368 Å². The van der Waals surface area contributed by atoms with E-state index < -0.39 is 79.0 Å². The van der Waals surface area contributed by atoms with Crippen LogP contribution in [0.3, 0.4) is 0 Å². The van der Waals surface area contributed by atoms with Crippen LogP contribution in [-0.2, 0) is 30.4 Å². The van der Waals surface area contributed by atoms with Crippen LogP contribution in [0.2, 0.25) is 0 Å². The number of nitrogens with two attached hydrogens (primary N) is 2. The van der Waals surface area contributed by atoms with Crippen LogP contribution >= 0.6 is 0 Å². The van der Waals surface area contributed by atoms with Crippen molar-refractivity contribution in [1.82, 2.24) is 4.90 Å². The minimum absolute atomic E-state index is 0.107. The smallest absolute Gasteiger partial charge is 0.296 e. The molecule has 0 aromatic heterocycles. The second-order valence-corrected chi connectivity index (χ2v) is 18.0. The highest BCUT2D eigenvalue weighted by atomic mass is 32.2. The number of nitrogens with one attached hydrogen (secondary N) is 3. The number of Topliss-reactive ketones (excluding diaryl/α,β-unsaturated/α-hetero) is 1. The molecule has 0 atom stereocenters. The molecule has 1 aliphatic rings. The summed E-state index contributed by atoms with van der Waals surface area (Å²) in [4.78, 5) is 13.4. The van der Waals surface area contributed by atoms with Gasteiger partial charge in [-0.05, 0) is 104 Å². The van der Waals surface area contributed by atoms with Crippen molar-refractivity contribution in [3.63, 3.8) is 0 Å². The average Bonchev–Trinajstić information content (AvgIpc) is 3.24. The number of fused-ring (bicyclic) bond motifs is 1. The molecule has 0 fully saturated rings. The van der Waals surface area contributed by atoms with E-state index in [1.165, 1.54) is 12.1 Å². The van der Waals surface area contributed by atoms with Gasteiger partial charge in [-0.1, -0.05) is 32.0 Å². The van der Waals surface area contributed by atoms with E-state index in [4.69, 9.17) is 11.5 Å². The van der Waals surface area contributed by atoms with Gasteiger partial charge in [0.2, 0.25) is 5.78 Å². The molecule has 21 nitrogen and oxygen atoms in total. The zero-order chi connectivity index (χ0) is 46.4. The minimum atomic E-state index is -5.22. The number of carbonyl (C=O) groups is 1. The first-order chi connectivity index (χ1) is 30.3. The Kier molecular flexibility index (Phi) is 14.0. The normalized spacial score (nSPS) is 14.0. The molecule has 1 aliphatic carbocycles. The van der Waals surface area contributed by atoms with Crippen LogP contribution in [0, 0.1) is 0 Å². The lowest BCUT2D eigenvalue weighted by molar-refractivity contribution is 0.106. The number of hydrazone groups is 1. The van der Waals surface area contributed by atoms with Crippen molar-refractivity contribution in [2.24, 2.45) is 25.6 Å². The number of carbonyl (C=O) groups excluding carboxylic acids is 1. The predicted octanol–water partition coefficient (Wildman–Crippen LogP) is 7.57. The first-order valence-electron chi connectivity index (χ1n) is 19.0. The third kappa shape index (κ3) is 11.2. The number of para-hydroxylation sites is 1. The third-order valence-electron chi connectivity index (χ3n) is 9.53. The van der Waals surface area contributed by atoms with E-state index in [9.17, 15) is 43.7 Å². The van der Waals surface area contributed by atoms with Gasteiger partial charge in [0.15, 0.2) is 5.71 Å². The molecule has 5 aromatic rings. The fraction of sp³-hybridized carbons (Fsp3) is 0.150.